The van der Waals surface area contributed by atoms with E-state index in [9.17, 15) is 35.9 Å². The summed E-state index contributed by atoms with van der Waals surface area (Å²) < 4.78 is 88.5. The van der Waals surface area contributed by atoms with Crippen LogP contribution >= 0.6 is 0 Å². The number of nitrogens with zero attached hydrogens (tertiary/aromatic N) is 1. The van der Waals surface area contributed by atoms with Crippen molar-refractivity contribution in [3.05, 3.63) is 65.0 Å². The van der Waals surface area contributed by atoms with E-state index in [1.807, 2.05) is 0 Å². The molecule has 1 aliphatic rings. The predicted octanol–water partition coefficient (Wildman–Crippen LogP) is 4.21. The van der Waals surface area contributed by atoms with Gasteiger partial charge in [0.2, 0.25) is 0 Å². The highest BCUT2D eigenvalue weighted by Crippen LogP contribution is 2.42. The first kappa shape index (κ1) is 22.1. The van der Waals surface area contributed by atoms with Gasteiger partial charge in [0.15, 0.2) is 0 Å². The molecule has 1 heterocycles. The van der Waals surface area contributed by atoms with Crippen LogP contribution in [0.1, 0.15) is 11.1 Å². The highest BCUT2D eigenvalue weighted by molar-refractivity contribution is 6.05. The van der Waals surface area contributed by atoms with Gasteiger partial charge < -0.3 is 14.4 Å². The topological polar surface area (TPSA) is 55.8 Å². The van der Waals surface area contributed by atoms with E-state index in [0.717, 1.165) is 26.5 Å². The van der Waals surface area contributed by atoms with Crippen molar-refractivity contribution in [1.29, 1.82) is 0 Å². The van der Waals surface area contributed by atoms with Gasteiger partial charge in [0.1, 0.15) is 5.70 Å². The van der Waals surface area contributed by atoms with Gasteiger partial charge in [-0.25, -0.2) is 9.59 Å². The van der Waals surface area contributed by atoms with Crippen LogP contribution in [-0.2, 0) is 31.4 Å². The van der Waals surface area contributed by atoms with Crippen LogP contribution in [-0.4, -0.2) is 26.2 Å². The maximum absolute atomic E-state index is 13.5. The molecule has 0 atom stereocenters. The average molecular weight is 421 g/mol. The lowest BCUT2D eigenvalue weighted by Crippen LogP contribution is -2.29. The van der Waals surface area contributed by atoms with E-state index in [2.05, 4.69) is 9.47 Å². The Kier molecular flexibility index (Phi) is 6.10. The van der Waals surface area contributed by atoms with Crippen molar-refractivity contribution in [2.24, 2.45) is 0 Å². The third kappa shape index (κ3) is 4.61. The van der Waals surface area contributed by atoms with Crippen molar-refractivity contribution in [3.8, 4) is 0 Å². The fourth-order valence-electron chi connectivity index (χ4n) is 2.50. The van der Waals surface area contributed by atoms with Crippen molar-refractivity contribution in [1.82, 2.24) is 0 Å². The third-order valence-electron chi connectivity index (χ3n) is 3.78. The zero-order chi connectivity index (χ0) is 22.0. The Balaban J connectivity index is 2.82. The van der Waals surface area contributed by atoms with E-state index < -0.39 is 52.4 Å². The number of benzene rings is 1. The molecule has 0 fully saturated rings. The molecule has 0 aliphatic carbocycles. The summed E-state index contributed by atoms with van der Waals surface area (Å²) in [4.78, 5) is 24.9. The number of esters is 2. The standard InChI is InChI=1S/C18H13F6NO4/c1-28-15(26)11-5-3-4-8-25(14(11)16(27)29-2)13-7-6-10(17(19,20)21)9-12(13)18(22,23)24/h3-9H,1-2H3. The maximum Gasteiger partial charge on any atom is 0.418 e. The lowest BCUT2D eigenvalue weighted by atomic mass is 10.0. The highest BCUT2D eigenvalue weighted by atomic mass is 19.4. The average Bonchev–Trinajstić information content (AvgIpc) is 2.87. The molecule has 156 valence electrons. The monoisotopic (exact) mass is 421 g/mol. The second-order valence-corrected chi connectivity index (χ2v) is 5.54. The molecule has 5 nitrogen and oxygen atoms in total. The van der Waals surface area contributed by atoms with Gasteiger partial charge in [0.05, 0.1) is 36.6 Å². The molecule has 0 spiro atoms. The summed E-state index contributed by atoms with van der Waals surface area (Å²) in [5.74, 6) is -2.26. The fraction of sp³-hybridized carbons (Fsp3) is 0.222. The minimum absolute atomic E-state index is 0.0752. The molecule has 1 aromatic rings. The molecule has 1 aromatic carbocycles. The number of rotatable bonds is 3. The normalized spacial score (nSPS) is 14.7. The molecule has 11 heteroatoms. The molecule has 0 saturated heterocycles. The number of carbonyl (C=O) groups excluding carboxylic acids is 2. The van der Waals surface area contributed by atoms with Gasteiger partial charge in [-0.2, -0.15) is 26.3 Å². The second kappa shape index (κ2) is 8.02. The first-order valence-corrected chi connectivity index (χ1v) is 7.75. The van der Waals surface area contributed by atoms with Gasteiger partial charge in [-0.1, -0.05) is 6.08 Å². The van der Waals surface area contributed by atoms with Gasteiger partial charge >= 0.3 is 24.3 Å². The van der Waals surface area contributed by atoms with E-state index in [1.165, 1.54) is 12.2 Å². The van der Waals surface area contributed by atoms with Crippen LogP contribution in [0.25, 0.3) is 0 Å². The molecule has 0 radical (unpaired) electrons. The van der Waals surface area contributed by atoms with Crippen LogP contribution in [0.15, 0.2) is 53.9 Å². The lowest BCUT2D eigenvalue weighted by Gasteiger charge is -2.26. The second-order valence-electron chi connectivity index (χ2n) is 5.54. The smallest absolute Gasteiger partial charge is 0.418 e. The van der Waals surface area contributed by atoms with E-state index in [0.29, 0.717) is 17.0 Å². The summed E-state index contributed by atoms with van der Waals surface area (Å²) in [6, 6.07) is 0.913. The van der Waals surface area contributed by atoms with Crippen LogP contribution in [0.2, 0.25) is 0 Å². The predicted molar refractivity (Wildman–Crippen MR) is 88.3 cm³/mol. The minimum atomic E-state index is -5.20. The summed E-state index contributed by atoms with van der Waals surface area (Å²) >= 11 is 0. The number of methoxy groups -OCH3 is 2. The summed E-state index contributed by atoms with van der Waals surface area (Å²) in [5.41, 5.74) is -5.11. The fourth-order valence-corrected chi connectivity index (χ4v) is 2.50. The van der Waals surface area contributed by atoms with Crippen molar-refractivity contribution in [3.63, 3.8) is 0 Å². The highest BCUT2D eigenvalue weighted by Gasteiger charge is 2.40. The number of hydrogen-bond donors (Lipinski definition) is 0. The Bertz CT molecular complexity index is 912. The van der Waals surface area contributed by atoms with Crippen molar-refractivity contribution < 1.29 is 45.4 Å². The van der Waals surface area contributed by atoms with Gasteiger partial charge in [0, 0.05) is 6.20 Å². The van der Waals surface area contributed by atoms with Crippen molar-refractivity contribution in [2.45, 2.75) is 12.4 Å². The Labute approximate surface area is 160 Å². The number of halogens is 6. The first-order valence-electron chi connectivity index (χ1n) is 7.75. The number of carbonyl (C=O) groups is 2. The number of hydrogen-bond acceptors (Lipinski definition) is 5. The molecule has 0 aromatic heterocycles. The van der Waals surface area contributed by atoms with Crippen LogP contribution in [0.4, 0.5) is 32.0 Å². The van der Waals surface area contributed by atoms with E-state index >= 15 is 0 Å². The Morgan fingerprint density at radius 1 is 0.897 bits per heavy atom. The van der Waals surface area contributed by atoms with Gasteiger partial charge in [-0.05, 0) is 30.4 Å². The van der Waals surface area contributed by atoms with E-state index in [-0.39, 0.29) is 6.07 Å². The quantitative estimate of drug-likeness (QED) is 0.541. The van der Waals surface area contributed by atoms with Gasteiger partial charge in [-0.3, -0.25) is 0 Å². The molecule has 2 rings (SSSR count). The third-order valence-corrected chi connectivity index (χ3v) is 3.78. The molecule has 1 aliphatic heterocycles. The van der Waals surface area contributed by atoms with Gasteiger partial charge in [-0.15, -0.1) is 0 Å². The van der Waals surface area contributed by atoms with Crippen LogP contribution < -0.4 is 4.90 Å². The number of ether oxygens (including phenoxy) is 2. The maximum atomic E-state index is 13.5. The van der Waals surface area contributed by atoms with Crippen LogP contribution in [0, 0.1) is 0 Å². The molecule has 0 unspecified atom stereocenters. The molecular weight excluding hydrogens is 408 g/mol. The summed E-state index contributed by atoms with van der Waals surface area (Å²) in [7, 11) is 1.91. The summed E-state index contributed by atoms with van der Waals surface area (Å²) in [6.45, 7) is 0. The zero-order valence-electron chi connectivity index (χ0n) is 14.9. The van der Waals surface area contributed by atoms with Crippen LogP contribution in [0.3, 0.4) is 0 Å². The van der Waals surface area contributed by atoms with Crippen molar-refractivity contribution >= 4 is 17.6 Å². The van der Waals surface area contributed by atoms with E-state index in [4.69, 9.17) is 0 Å². The van der Waals surface area contributed by atoms with E-state index in [1.54, 1.807) is 0 Å². The Morgan fingerprint density at radius 2 is 1.52 bits per heavy atom. The molecular formula is C18H13F6NO4. The Hall–Kier alpha value is -3.24. The molecule has 29 heavy (non-hydrogen) atoms. The number of anilines is 1. The van der Waals surface area contributed by atoms with Crippen molar-refractivity contribution in [2.75, 3.05) is 19.1 Å². The zero-order valence-corrected chi connectivity index (χ0v) is 14.9. The Morgan fingerprint density at radius 3 is 2.03 bits per heavy atom. The number of alkyl halides is 6. The lowest BCUT2D eigenvalue weighted by molar-refractivity contribution is -0.143. The summed E-state index contributed by atoms with van der Waals surface area (Å²) in [6.07, 6.45) is -5.70. The minimum Gasteiger partial charge on any atom is -0.465 e. The molecule has 0 bridgehead atoms. The van der Waals surface area contributed by atoms with Gasteiger partial charge in [0.25, 0.3) is 0 Å². The molecule has 0 amide bonds. The molecule has 0 N–H and O–H groups in total. The number of allylic oxidation sites excluding steroid dienone is 2. The van der Waals surface area contributed by atoms with Crippen LogP contribution in [0.5, 0.6) is 0 Å². The largest absolute Gasteiger partial charge is 0.465 e. The molecule has 0 saturated carbocycles. The first-order chi connectivity index (χ1) is 13.4. The summed E-state index contributed by atoms with van der Waals surface area (Å²) in [5, 5.41) is 0. The SMILES string of the molecule is COC(=O)C1=C(C(=O)OC)N(c2ccc(C(F)(F)F)cc2C(F)(F)F)C=CC=C1.